The van der Waals surface area contributed by atoms with E-state index in [9.17, 15) is 22.4 Å². The predicted molar refractivity (Wildman–Crippen MR) is 58.4 cm³/mol. The molecule has 0 heterocycles. The third-order valence-electron chi connectivity index (χ3n) is 2.46. The van der Waals surface area contributed by atoms with Crippen LogP contribution in [-0.4, -0.2) is 6.47 Å². The fourth-order valence-electron chi connectivity index (χ4n) is 1.59. The maximum Gasteiger partial charge on any atom is 0.298 e. The molecule has 0 aliphatic carbocycles. The minimum absolute atomic E-state index is 0.0692. The second-order valence-corrected chi connectivity index (χ2v) is 3.55. The van der Waals surface area contributed by atoms with Crippen molar-refractivity contribution in [2.45, 2.75) is 0 Å². The summed E-state index contributed by atoms with van der Waals surface area (Å²) in [5, 5.41) is 0. The van der Waals surface area contributed by atoms with E-state index < -0.39 is 40.1 Å². The van der Waals surface area contributed by atoms with Crippen LogP contribution in [-0.2, 0) is 4.79 Å². The number of halogens is 4. The maximum atomic E-state index is 13.7. The zero-order valence-electron chi connectivity index (χ0n) is 9.29. The first-order valence-electron chi connectivity index (χ1n) is 5.09. The van der Waals surface area contributed by atoms with Crippen LogP contribution >= 0.6 is 0 Å². The van der Waals surface area contributed by atoms with Gasteiger partial charge in [-0.1, -0.05) is 12.1 Å². The Labute approximate surface area is 105 Å². The molecular weight excluding hydrogens is 264 g/mol. The maximum absolute atomic E-state index is 13.7. The third-order valence-corrected chi connectivity index (χ3v) is 2.46. The molecule has 6 heteroatoms. The van der Waals surface area contributed by atoms with Crippen LogP contribution in [0, 0.1) is 23.3 Å². The molecule has 0 fully saturated rings. The molecule has 2 aromatic rings. The molecule has 0 atom stereocenters. The van der Waals surface area contributed by atoms with Gasteiger partial charge in [0.2, 0.25) is 5.82 Å². The molecule has 0 aliphatic heterocycles. The molecule has 0 bridgehead atoms. The smallest absolute Gasteiger partial charge is 0.298 e. The van der Waals surface area contributed by atoms with Crippen molar-refractivity contribution in [3.63, 3.8) is 0 Å². The van der Waals surface area contributed by atoms with Crippen LogP contribution in [0.2, 0.25) is 0 Å². The summed E-state index contributed by atoms with van der Waals surface area (Å²) in [6.45, 7) is -0.0692. The molecule has 0 saturated carbocycles. The van der Waals surface area contributed by atoms with Crippen LogP contribution < -0.4 is 4.74 Å². The number of rotatable bonds is 3. The summed E-state index contributed by atoms with van der Waals surface area (Å²) < 4.78 is 57.9. The van der Waals surface area contributed by atoms with Gasteiger partial charge in [-0.05, 0) is 18.2 Å². The van der Waals surface area contributed by atoms with Crippen LogP contribution in [0.5, 0.6) is 5.75 Å². The Balaban J connectivity index is 2.61. The molecule has 2 rings (SSSR count). The standard InChI is InChI=1S/C13H6F4O2/c14-9-3-1-2-7(11(9)15)8-4-5-10(19-6-18)13(17)12(8)16/h1-6H. The second-order valence-electron chi connectivity index (χ2n) is 3.55. The molecule has 0 spiro atoms. The van der Waals surface area contributed by atoms with E-state index in [1.165, 1.54) is 6.07 Å². The van der Waals surface area contributed by atoms with Crippen molar-refractivity contribution >= 4 is 6.47 Å². The van der Waals surface area contributed by atoms with Crippen LogP contribution in [0.3, 0.4) is 0 Å². The van der Waals surface area contributed by atoms with Gasteiger partial charge in [0, 0.05) is 11.1 Å². The molecular formula is C13H6F4O2. The normalized spacial score (nSPS) is 10.3. The molecule has 0 radical (unpaired) electrons. The molecule has 0 saturated heterocycles. The summed E-state index contributed by atoms with van der Waals surface area (Å²) in [6, 6.07) is 5.08. The number of hydrogen-bond donors (Lipinski definition) is 0. The monoisotopic (exact) mass is 270 g/mol. The van der Waals surface area contributed by atoms with Crippen LogP contribution in [0.4, 0.5) is 17.6 Å². The van der Waals surface area contributed by atoms with Crippen molar-refractivity contribution in [2.24, 2.45) is 0 Å². The topological polar surface area (TPSA) is 26.3 Å². The molecule has 0 amide bonds. The highest BCUT2D eigenvalue weighted by molar-refractivity contribution is 5.66. The van der Waals surface area contributed by atoms with Crippen molar-refractivity contribution in [3.05, 3.63) is 53.6 Å². The van der Waals surface area contributed by atoms with Gasteiger partial charge in [-0.3, -0.25) is 4.79 Å². The van der Waals surface area contributed by atoms with Gasteiger partial charge >= 0.3 is 0 Å². The van der Waals surface area contributed by atoms with Gasteiger partial charge in [-0.25, -0.2) is 13.2 Å². The van der Waals surface area contributed by atoms with Gasteiger partial charge < -0.3 is 4.74 Å². The Morgan fingerprint density at radius 2 is 1.53 bits per heavy atom. The average molecular weight is 270 g/mol. The number of carbonyl (C=O) groups excluding carboxylic acids is 1. The fraction of sp³-hybridized carbons (Fsp3) is 0. The molecule has 0 aliphatic rings. The Hall–Kier alpha value is -2.37. The van der Waals surface area contributed by atoms with E-state index in [4.69, 9.17) is 0 Å². The summed E-state index contributed by atoms with van der Waals surface area (Å²) in [4.78, 5) is 10.1. The first-order valence-corrected chi connectivity index (χ1v) is 5.09. The van der Waals surface area contributed by atoms with Crippen molar-refractivity contribution in [2.75, 3.05) is 0 Å². The second kappa shape index (κ2) is 5.09. The molecule has 0 aromatic heterocycles. The van der Waals surface area contributed by atoms with E-state index in [1.807, 2.05) is 0 Å². The van der Waals surface area contributed by atoms with Gasteiger partial charge in [0.05, 0.1) is 0 Å². The lowest BCUT2D eigenvalue weighted by Crippen LogP contribution is -1.99. The summed E-state index contributed by atoms with van der Waals surface area (Å²) >= 11 is 0. The minimum atomic E-state index is -1.45. The van der Waals surface area contributed by atoms with Gasteiger partial charge in [0.1, 0.15) is 0 Å². The third kappa shape index (κ3) is 2.29. The quantitative estimate of drug-likeness (QED) is 0.630. The Morgan fingerprint density at radius 1 is 0.842 bits per heavy atom. The van der Waals surface area contributed by atoms with Crippen LogP contribution in [0.1, 0.15) is 0 Å². The van der Waals surface area contributed by atoms with E-state index in [0.717, 1.165) is 24.3 Å². The van der Waals surface area contributed by atoms with Gasteiger partial charge in [-0.15, -0.1) is 0 Å². The lowest BCUT2D eigenvalue weighted by Gasteiger charge is -2.08. The zero-order chi connectivity index (χ0) is 14.0. The molecule has 0 unspecified atom stereocenters. The van der Waals surface area contributed by atoms with E-state index in [-0.39, 0.29) is 6.47 Å². The molecule has 2 aromatic carbocycles. The molecule has 0 N–H and O–H groups in total. The number of ether oxygens (including phenoxy) is 1. The summed E-state index contributed by atoms with van der Waals surface area (Å²) in [5.74, 6) is -5.97. The molecule has 2 nitrogen and oxygen atoms in total. The summed E-state index contributed by atoms with van der Waals surface area (Å²) in [5.41, 5.74) is -0.887. The number of benzene rings is 2. The van der Waals surface area contributed by atoms with Crippen LogP contribution in [0.25, 0.3) is 11.1 Å². The number of hydrogen-bond acceptors (Lipinski definition) is 2. The Kier molecular flexibility index (Phi) is 3.50. The predicted octanol–water partition coefficient (Wildman–Crippen LogP) is 3.45. The Bertz CT molecular complexity index is 641. The average Bonchev–Trinajstić information content (AvgIpc) is 2.39. The highest BCUT2D eigenvalue weighted by Crippen LogP contribution is 2.31. The van der Waals surface area contributed by atoms with Crippen molar-refractivity contribution < 1.29 is 27.1 Å². The lowest BCUT2D eigenvalue weighted by atomic mass is 10.0. The largest absolute Gasteiger partial charge is 0.425 e. The van der Waals surface area contributed by atoms with E-state index >= 15 is 0 Å². The van der Waals surface area contributed by atoms with E-state index in [1.54, 1.807) is 0 Å². The van der Waals surface area contributed by atoms with Crippen LogP contribution in [0.15, 0.2) is 30.3 Å². The van der Waals surface area contributed by atoms with Crippen molar-refractivity contribution in [1.82, 2.24) is 0 Å². The van der Waals surface area contributed by atoms with E-state index in [2.05, 4.69) is 4.74 Å². The summed E-state index contributed by atoms with van der Waals surface area (Å²) in [7, 11) is 0. The highest BCUT2D eigenvalue weighted by Gasteiger charge is 2.19. The minimum Gasteiger partial charge on any atom is -0.425 e. The lowest BCUT2D eigenvalue weighted by molar-refractivity contribution is -0.120. The number of carbonyl (C=O) groups is 1. The highest BCUT2D eigenvalue weighted by atomic mass is 19.2. The SMILES string of the molecule is O=COc1ccc(-c2cccc(F)c2F)c(F)c1F. The van der Waals surface area contributed by atoms with Crippen molar-refractivity contribution in [1.29, 1.82) is 0 Å². The fourth-order valence-corrected chi connectivity index (χ4v) is 1.59. The first kappa shape index (κ1) is 13.1. The van der Waals surface area contributed by atoms with Gasteiger partial charge in [-0.2, -0.15) is 4.39 Å². The van der Waals surface area contributed by atoms with Crippen molar-refractivity contribution in [3.8, 4) is 16.9 Å². The molecule has 19 heavy (non-hydrogen) atoms. The van der Waals surface area contributed by atoms with E-state index in [0.29, 0.717) is 0 Å². The Morgan fingerprint density at radius 3 is 2.21 bits per heavy atom. The molecule has 98 valence electrons. The van der Waals surface area contributed by atoms with Gasteiger partial charge in [0.15, 0.2) is 23.2 Å². The van der Waals surface area contributed by atoms with Gasteiger partial charge in [0.25, 0.3) is 6.47 Å². The first-order chi connectivity index (χ1) is 9.06. The summed E-state index contributed by atoms with van der Waals surface area (Å²) in [6.07, 6.45) is 0. The zero-order valence-corrected chi connectivity index (χ0v) is 9.29.